The molecule has 0 aromatic rings. The Balaban J connectivity index is 2.97. The number of hydrogen-bond acceptors (Lipinski definition) is 2. The lowest BCUT2D eigenvalue weighted by atomic mass is 10.2. The second kappa shape index (κ2) is 9.01. The van der Waals surface area contributed by atoms with Crippen LogP contribution >= 0.6 is 0 Å². The molecule has 12 heavy (non-hydrogen) atoms. The number of hydrogen-bond donors (Lipinski definition) is 0. The van der Waals surface area contributed by atoms with Crippen molar-refractivity contribution in [3.63, 3.8) is 0 Å². The van der Waals surface area contributed by atoms with E-state index in [9.17, 15) is 0 Å². The fraction of sp³-hybridized carbons (Fsp3) is 1.00. The summed E-state index contributed by atoms with van der Waals surface area (Å²) in [5, 5.41) is 0. The van der Waals surface area contributed by atoms with Crippen LogP contribution in [0.15, 0.2) is 0 Å². The van der Waals surface area contributed by atoms with Gasteiger partial charge < -0.3 is 9.47 Å². The van der Waals surface area contributed by atoms with Crippen LogP contribution in [-0.2, 0) is 9.47 Å². The lowest BCUT2D eigenvalue weighted by molar-refractivity contribution is 0.0653. The SMILES string of the molecule is CCOCCCCC(C)OCC. The molecule has 0 aliphatic rings. The maximum Gasteiger partial charge on any atom is 0.0546 e. The molecule has 0 aromatic heterocycles. The highest BCUT2D eigenvalue weighted by atomic mass is 16.5. The second-order valence-electron chi connectivity index (χ2n) is 2.96. The quantitative estimate of drug-likeness (QED) is 0.527. The second-order valence-corrected chi connectivity index (χ2v) is 2.96. The van der Waals surface area contributed by atoms with Crippen molar-refractivity contribution in [1.82, 2.24) is 0 Å². The molecular weight excluding hydrogens is 152 g/mol. The first-order chi connectivity index (χ1) is 5.81. The van der Waals surface area contributed by atoms with Gasteiger partial charge in [-0.05, 0) is 40.0 Å². The minimum atomic E-state index is 0.414. The van der Waals surface area contributed by atoms with Crippen LogP contribution in [0.25, 0.3) is 0 Å². The summed E-state index contributed by atoms with van der Waals surface area (Å²) in [6.07, 6.45) is 3.93. The molecule has 0 saturated carbocycles. The molecule has 1 unspecified atom stereocenters. The van der Waals surface area contributed by atoms with Gasteiger partial charge in [-0.25, -0.2) is 0 Å². The molecule has 2 heteroatoms. The van der Waals surface area contributed by atoms with Gasteiger partial charge in [-0.1, -0.05) is 0 Å². The Morgan fingerprint density at radius 2 is 1.83 bits per heavy atom. The Hall–Kier alpha value is -0.0800. The van der Waals surface area contributed by atoms with Crippen LogP contribution in [0.2, 0.25) is 0 Å². The van der Waals surface area contributed by atoms with Crippen LogP contribution in [0.5, 0.6) is 0 Å². The average molecular weight is 174 g/mol. The zero-order valence-corrected chi connectivity index (χ0v) is 8.64. The Labute approximate surface area is 76.3 Å². The van der Waals surface area contributed by atoms with Crippen LogP contribution in [-0.4, -0.2) is 25.9 Å². The van der Waals surface area contributed by atoms with Crippen molar-refractivity contribution < 1.29 is 9.47 Å². The fourth-order valence-corrected chi connectivity index (χ4v) is 1.15. The summed E-state index contributed by atoms with van der Waals surface area (Å²) in [7, 11) is 0. The van der Waals surface area contributed by atoms with Crippen molar-refractivity contribution in [2.45, 2.75) is 46.1 Å². The van der Waals surface area contributed by atoms with E-state index < -0.39 is 0 Å². The average Bonchev–Trinajstić information content (AvgIpc) is 2.05. The Morgan fingerprint density at radius 3 is 2.42 bits per heavy atom. The molecule has 0 radical (unpaired) electrons. The molecule has 2 nitrogen and oxygen atoms in total. The van der Waals surface area contributed by atoms with E-state index in [1.165, 1.54) is 6.42 Å². The summed E-state index contributed by atoms with van der Waals surface area (Å²) in [6, 6.07) is 0. The number of ether oxygens (including phenoxy) is 2. The van der Waals surface area contributed by atoms with Crippen molar-refractivity contribution in [1.29, 1.82) is 0 Å². The predicted molar refractivity (Wildman–Crippen MR) is 51.4 cm³/mol. The molecule has 0 fully saturated rings. The third-order valence-corrected chi connectivity index (χ3v) is 1.80. The van der Waals surface area contributed by atoms with Gasteiger partial charge in [-0.2, -0.15) is 0 Å². The van der Waals surface area contributed by atoms with E-state index in [1.54, 1.807) is 0 Å². The highest BCUT2D eigenvalue weighted by Gasteiger charge is 1.99. The van der Waals surface area contributed by atoms with Crippen LogP contribution in [0.1, 0.15) is 40.0 Å². The maximum atomic E-state index is 5.41. The molecule has 0 heterocycles. The summed E-state index contributed by atoms with van der Waals surface area (Å²) in [5.74, 6) is 0. The van der Waals surface area contributed by atoms with E-state index in [4.69, 9.17) is 9.47 Å². The topological polar surface area (TPSA) is 18.5 Å². The molecule has 1 atom stereocenters. The van der Waals surface area contributed by atoms with Gasteiger partial charge in [-0.3, -0.25) is 0 Å². The molecule has 0 bridgehead atoms. The van der Waals surface area contributed by atoms with Crippen LogP contribution in [0.3, 0.4) is 0 Å². The smallest absolute Gasteiger partial charge is 0.0546 e. The monoisotopic (exact) mass is 174 g/mol. The van der Waals surface area contributed by atoms with Gasteiger partial charge in [0.2, 0.25) is 0 Å². The molecule has 0 rings (SSSR count). The first kappa shape index (κ1) is 11.9. The zero-order valence-electron chi connectivity index (χ0n) is 8.64. The third-order valence-electron chi connectivity index (χ3n) is 1.80. The maximum absolute atomic E-state index is 5.41. The highest BCUT2D eigenvalue weighted by molar-refractivity contribution is 4.50. The molecule has 0 N–H and O–H groups in total. The standard InChI is InChI=1S/C10H22O2/c1-4-11-9-7-6-8-10(3)12-5-2/h10H,4-9H2,1-3H3. The Kier molecular flexibility index (Phi) is 8.95. The van der Waals surface area contributed by atoms with Crippen LogP contribution in [0, 0.1) is 0 Å². The van der Waals surface area contributed by atoms with Crippen molar-refractivity contribution >= 4 is 0 Å². The van der Waals surface area contributed by atoms with E-state index in [0.29, 0.717) is 6.10 Å². The van der Waals surface area contributed by atoms with Crippen LogP contribution < -0.4 is 0 Å². The van der Waals surface area contributed by atoms with Gasteiger partial charge in [-0.15, -0.1) is 0 Å². The summed E-state index contributed by atoms with van der Waals surface area (Å²) < 4.78 is 10.6. The molecule has 0 saturated heterocycles. The third kappa shape index (κ3) is 8.02. The molecule has 0 aromatic carbocycles. The minimum absolute atomic E-state index is 0.414. The first-order valence-corrected chi connectivity index (χ1v) is 5.00. The molecule has 0 aliphatic carbocycles. The van der Waals surface area contributed by atoms with E-state index >= 15 is 0 Å². The van der Waals surface area contributed by atoms with E-state index in [2.05, 4.69) is 6.92 Å². The summed E-state index contributed by atoms with van der Waals surface area (Å²) in [5.41, 5.74) is 0. The molecule has 0 amide bonds. The molecular formula is C10H22O2. The normalized spacial score (nSPS) is 13.2. The number of rotatable bonds is 8. The largest absolute Gasteiger partial charge is 0.382 e. The van der Waals surface area contributed by atoms with Gasteiger partial charge >= 0.3 is 0 Å². The lowest BCUT2D eigenvalue weighted by Gasteiger charge is -2.10. The van der Waals surface area contributed by atoms with Crippen LogP contribution in [0.4, 0.5) is 0 Å². The van der Waals surface area contributed by atoms with Gasteiger partial charge in [0.15, 0.2) is 0 Å². The van der Waals surface area contributed by atoms with E-state index in [1.807, 2.05) is 13.8 Å². The molecule has 0 spiro atoms. The van der Waals surface area contributed by atoms with E-state index in [-0.39, 0.29) is 0 Å². The van der Waals surface area contributed by atoms with Crippen molar-refractivity contribution in [2.75, 3.05) is 19.8 Å². The Bertz CT molecular complexity index is 83.9. The first-order valence-electron chi connectivity index (χ1n) is 5.00. The predicted octanol–water partition coefficient (Wildman–Crippen LogP) is 2.62. The fourth-order valence-electron chi connectivity index (χ4n) is 1.15. The van der Waals surface area contributed by atoms with Gasteiger partial charge in [0.05, 0.1) is 6.10 Å². The van der Waals surface area contributed by atoms with Crippen molar-refractivity contribution in [3.05, 3.63) is 0 Å². The van der Waals surface area contributed by atoms with E-state index in [0.717, 1.165) is 32.7 Å². The zero-order chi connectivity index (χ0) is 9.23. The van der Waals surface area contributed by atoms with Gasteiger partial charge in [0.1, 0.15) is 0 Å². The molecule has 74 valence electrons. The minimum Gasteiger partial charge on any atom is -0.382 e. The number of unbranched alkanes of at least 4 members (excludes halogenated alkanes) is 1. The van der Waals surface area contributed by atoms with Gasteiger partial charge in [0, 0.05) is 19.8 Å². The summed E-state index contributed by atoms with van der Waals surface area (Å²) in [6.45, 7) is 8.76. The van der Waals surface area contributed by atoms with Crippen molar-refractivity contribution in [3.8, 4) is 0 Å². The summed E-state index contributed by atoms with van der Waals surface area (Å²) >= 11 is 0. The molecule has 0 aliphatic heterocycles. The van der Waals surface area contributed by atoms with Gasteiger partial charge in [0.25, 0.3) is 0 Å². The highest BCUT2D eigenvalue weighted by Crippen LogP contribution is 2.03. The van der Waals surface area contributed by atoms with Crippen molar-refractivity contribution in [2.24, 2.45) is 0 Å². The lowest BCUT2D eigenvalue weighted by Crippen LogP contribution is -2.07. The summed E-state index contributed by atoms with van der Waals surface area (Å²) in [4.78, 5) is 0. The Morgan fingerprint density at radius 1 is 1.08 bits per heavy atom.